The number of hydrogen-bond acceptors (Lipinski definition) is 1. The second-order valence-corrected chi connectivity index (χ2v) is 11.0. The number of carbonyl (C=O) groups excluding carboxylic acids is 1. The first-order chi connectivity index (χ1) is 9.80. The molecule has 0 saturated carbocycles. The second kappa shape index (κ2) is 7.04. The fraction of sp³-hybridized carbons (Fsp3) is 0.500. The van der Waals surface area contributed by atoms with Gasteiger partial charge in [-0.15, -0.1) is 5.54 Å². The molecule has 0 atom stereocenters. The summed E-state index contributed by atoms with van der Waals surface area (Å²) in [4.78, 5) is 12.6. The molecule has 0 aliphatic carbocycles. The van der Waals surface area contributed by atoms with Crippen molar-refractivity contribution >= 4 is 13.9 Å². The van der Waals surface area contributed by atoms with Gasteiger partial charge in [-0.3, -0.25) is 4.79 Å². The predicted octanol–water partition coefficient (Wildman–Crippen LogP) is 5.09. The Bertz CT molecular complexity index is 537. The van der Waals surface area contributed by atoms with Gasteiger partial charge in [0.05, 0.1) is 5.41 Å². The zero-order valence-corrected chi connectivity index (χ0v) is 14.7. The minimum absolute atomic E-state index is 0.0405. The zero-order valence-electron chi connectivity index (χ0n) is 13.7. The first kappa shape index (κ1) is 17.6. The van der Waals surface area contributed by atoms with E-state index >= 15 is 0 Å². The molecule has 0 radical (unpaired) electrons. The molecule has 0 fully saturated rings. The van der Waals surface area contributed by atoms with E-state index in [0.29, 0.717) is 5.56 Å². The Morgan fingerprint density at radius 3 is 2.00 bits per heavy atom. The van der Waals surface area contributed by atoms with E-state index < -0.39 is 13.5 Å². The van der Waals surface area contributed by atoms with Gasteiger partial charge in [0, 0.05) is 5.56 Å². The lowest BCUT2D eigenvalue weighted by molar-refractivity contribution is 0.0893. The topological polar surface area (TPSA) is 17.1 Å². The van der Waals surface area contributed by atoms with Gasteiger partial charge in [0.25, 0.3) is 0 Å². The number of halogens is 1. The van der Waals surface area contributed by atoms with Crippen LogP contribution in [-0.2, 0) is 0 Å². The van der Waals surface area contributed by atoms with E-state index in [-0.39, 0.29) is 11.6 Å². The Morgan fingerprint density at radius 2 is 1.57 bits per heavy atom. The predicted molar refractivity (Wildman–Crippen MR) is 89.5 cm³/mol. The monoisotopic (exact) mass is 304 g/mol. The number of ketones is 1. The van der Waals surface area contributed by atoms with Gasteiger partial charge in [0.15, 0.2) is 5.78 Å². The van der Waals surface area contributed by atoms with Crippen molar-refractivity contribution in [2.45, 2.75) is 52.8 Å². The van der Waals surface area contributed by atoms with Gasteiger partial charge in [-0.1, -0.05) is 26.7 Å². The SMILES string of the molecule is CC[Si](C#CC(C)(C)C(=O)c1ccc(F)cc1)(CC)CC. The molecule has 1 aromatic rings. The van der Waals surface area contributed by atoms with Gasteiger partial charge >= 0.3 is 0 Å². The summed E-state index contributed by atoms with van der Waals surface area (Å²) in [6.07, 6.45) is 0. The van der Waals surface area contributed by atoms with Gasteiger partial charge < -0.3 is 0 Å². The molecule has 21 heavy (non-hydrogen) atoms. The van der Waals surface area contributed by atoms with E-state index in [1.54, 1.807) is 0 Å². The Kier molecular flexibility index (Phi) is 5.92. The van der Waals surface area contributed by atoms with Crippen LogP contribution < -0.4 is 0 Å². The summed E-state index contributed by atoms with van der Waals surface area (Å²) in [5.41, 5.74) is 3.27. The van der Waals surface area contributed by atoms with E-state index in [4.69, 9.17) is 0 Å². The number of benzene rings is 1. The van der Waals surface area contributed by atoms with Crippen LogP contribution in [0.2, 0.25) is 18.1 Å². The van der Waals surface area contributed by atoms with Crippen molar-refractivity contribution in [3.63, 3.8) is 0 Å². The molecule has 0 aliphatic rings. The largest absolute Gasteiger partial charge is 0.292 e. The molecule has 0 heterocycles. The van der Waals surface area contributed by atoms with Crippen molar-refractivity contribution in [1.29, 1.82) is 0 Å². The molecule has 114 valence electrons. The van der Waals surface area contributed by atoms with E-state index in [1.807, 2.05) is 13.8 Å². The lowest BCUT2D eigenvalue weighted by Crippen LogP contribution is -2.31. The normalized spacial score (nSPS) is 11.7. The van der Waals surface area contributed by atoms with Crippen molar-refractivity contribution in [2.24, 2.45) is 5.41 Å². The second-order valence-electron chi connectivity index (χ2n) is 6.05. The van der Waals surface area contributed by atoms with Gasteiger partial charge in [-0.2, -0.15) is 0 Å². The number of hydrogen-bond donors (Lipinski definition) is 0. The summed E-state index contributed by atoms with van der Waals surface area (Å²) in [7, 11) is -1.56. The van der Waals surface area contributed by atoms with E-state index in [2.05, 4.69) is 32.2 Å². The first-order valence-electron chi connectivity index (χ1n) is 7.65. The molecule has 0 saturated heterocycles. The molecule has 0 amide bonds. The number of Topliss-reactive ketones (excluding diaryl/α,β-unsaturated/α-hetero) is 1. The maximum absolute atomic E-state index is 13.0. The van der Waals surface area contributed by atoms with Crippen molar-refractivity contribution < 1.29 is 9.18 Å². The van der Waals surface area contributed by atoms with Crippen molar-refractivity contribution in [3.8, 4) is 11.5 Å². The number of rotatable bonds is 5. The summed E-state index contributed by atoms with van der Waals surface area (Å²) in [6.45, 7) is 10.3. The van der Waals surface area contributed by atoms with Crippen LogP contribution in [0.4, 0.5) is 4.39 Å². The van der Waals surface area contributed by atoms with E-state index in [9.17, 15) is 9.18 Å². The third-order valence-electron chi connectivity index (χ3n) is 4.34. The van der Waals surface area contributed by atoms with Crippen LogP contribution in [0.15, 0.2) is 24.3 Å². The summed E-state index contributed by atoms with van der Waals surface area (Å²) in [6, 6.07) is 9.06. The maximum Gasteiger partial charge on any atom is 0.180 e. The molecular weight excluding hydrogens is 279 g/mol. The van der Waals surface area contributed by atoms with E-state index in [1.165, 1.54) is 24.3 Å². The summed E-state index contributed by atoms with van der Waals surface area (Å²) < 4.78 is 13.0. The summed E-state index contributed by atoms with van der Waals surface area (Å²) in [5.74, 6) is 2.86. The van der Waals surface area contributed by atoms with Crippen molar-refractivity contribution in [1.82, 2.24) is 0 Å². The molecule has 3 heteroatoms. The highest BCUT2D eigenvalue weighted by Crippen LogP contribution is 2.24. The molecule has 0 unspecified atom stereocenters. The molecule has 1 nitrogen and oxygen atoms in total. The third-order valence-corrected chi connectivity index (χ3v) is 9.06. The van der Waals surface area contributed by atoms with Crippen LogP contribution in [0, 0.1) is 22.7 Å². The highest BCUT2D eigenvalue weighted by Gasteiger charge is 2.29. The van der Waals surface area contributed by atoms with Gasteiger partial charge in [0.2, 0.25) is 0 Å². The van der Waals surface area contributed by atoms with Gasteiger partial charge in [-0.25, -0.2) is 4.39 Å². The lowest BCUT2D eigenvalue weighted by atomic mass is 9.85. The fourth-order valence-corrected chi connectivity index (χ4v) is 4.93. The maximum atomic E-state index is 13.0. The van der Waals surface area contributed by atoms with Crippen LogP contribution in [-0.4, -0.2) is 13.9 Å². The molecule has 0 aliphatic heterocycles. The average molecular weight is 304 g/mol. The molecule has 1 rings (SSSR count). The van der Waals surface area contributed by atoms with Crippen LogP contribution in [0.3, 0.4) is 0 Å². The molecule has 0 N–H and O–H groups in total. The number of carbonyl (C=O) groups is 1. The Balaban J connectivity index is 3.06. The lowest BCUT2D eigenvalue weighted by Gasteiger charge is -2.22. The summed E-state index contributed by atoms with van der Waals surface area (Å²) in [5, 5.41) is 0. The minimum atomic E-state index is -1.56. The van der Waals surface area contributed by atoms with Gasteiger partial charge in [0.1, 0.15) is 13.9 Å². The van der Waals surface area contributed by atoms with Crippen LogP contribution in [0.25, 0.3) is 0 Å². The average Bonchev–Trinajstić information content (AvgIpc) is 2.49. The van der Waals surface area contributed by atoms with Gasteiger partial charge in [-0.05, 0) is 56.2 Å². The molecule has 0 bridgehead atoms. The Hall–Kier alpha value is -1.40. The van der Waals surface area contributed by atoms with Crippen LogP contribution in [0.1, 0.15) is 45.0 Å². The molecule has 0 aromatic heterocycles. The first-order valence-corrected chi connectivity index (χ1v) is 10.3. The molecular formula is C18H25FOSi. The molecule has 0 spiro atoms. The zero-order chi connectivity index (χ0) is 16.1. The van der Waals surface area contributed by atoms with Crippen LogP contribution in [0.5, 0.6) is 0 Å². The highest BCUT2D eigenvalue weighted by atomic mass is 28.3. The Morgan fingerprint density at radius 1 is 1.10 bits per heavy atom. The minimum Gasteiger partial charge on any atom is -0.292 e. The van der Waals surface area contributed by atoms with E-state index in [0.717, 1.165) is 18.1 Å². The molecule has 1 aromatic carbocycles. The third kappa shape index (κ3) is 4.28. The smallest absolute Gasteiger partial charge is 0.180 e. The Labute approximate surface area is 129 Å². The summed E-state index contributed by atoms with van der Waals surface area (Å²) >= 11 is 0. The standard InChI is InChI=1S/C18H25FOSi/c1-6-21(7-2,8-3)14-13-18(4,5)17(20)15-9-11-16(19)12-10-15/h9-12H,6-8H2,1-5H3. The van der Waals surface area contributed by atoms with Crippen molar-refractivity contribution in [2.75, 3.05) is 0 Å². The highest BCUT2D eigenvalue weighted by molar-refractivity contribution is 6.87. The van der Waals surface area contributed by atoms with Crippen LogP contribution >= 0.6 is 0 Å². The fourth-order valence-electron chi connectivity index (χ4n) is 2.32. The van der Waals surface area contributed by atoms with Crippen molar-refractivity contribution in [3.05, 3.63) is 35.6 Å². The quantitative estimate of drug-likeness (QED) is 0.421.